The maximum absolute atomic E-state index is 5.75. The molecule has 1 aliphatic heterocycles. The lowest BCUT2D eigenvalue weighted by Crippen LogP contribution is -2.38. The minimum Gasteiger partial charge on any atom is -0.370 e. The fourth-order valence-electron chi connectivity index (χ4n) is 2.28. The van der Waals surface area contributed by atoms with Crippen molar-refractivity contribution in [2.75, 3.05) is 6.61 Å². The van der Waals surface area contributed by atoms with E-state index in [2.05, 4.69) is 52.8 Å². The molecule has 1 saturated heterocycles. The molecule has 0 N–H and O–H groups in total. The van der Waals surface area contributed by atoms with Crippen molar-refractivity contribution in [1.29, 1.82) is 0 Å². The highest BCUT2D eigenvalue weighted by molar-refractivity contribution is 5.38. The first-order valence-corrected chi connectivity index (χ1v) is 6.08. The van der Waals surface area contributed by atoms with Crippen molar-refractivity contribution in [3.05, 3.63) is 34.9 Å². The van der Waals surface area contributed by atoms with Crippen molar-refractivity contribution < 1.29 is 4.74 Å². The maximum atomic E-state index is 5.75. The monoisotopic (exact) mass is 218 g/mol. The van der Waals surface area contributed by atoms with Crippen LogP contribution < -0.4 is 0 Å². The van der Waals surface area contributed by atoms with Gasteiger partial charge in [0.05, 0.1) is 12.2 Å². The third kappa shape index (κ3) is 1.89. The lowest BCUT2D eigenvalue weighted by Gasteiger charge is -2.40. The zero-order chi connectivity index (χ0) is 12.0. The van der Waals surface area contributed by atoms with Crippen molar-refractivity contribution in [3.8, 4) is 0 Å². The second kappa shape index (κ2) is 3.59. The van der Waals surface area contributed by atoms with Crippen LogP contribution in [0, 0.1) is 6.92 Å². The Morgan fingerprint density at radius 3 is 2.31 bits per heavy atom. The van der Waals surface area contributed by atoms with E-state index in [1.54, 1.807) is 0 Å². The highest BCUT2D eigenvalue weighted by Crippen LogP contribution is 2.40. The molecule has 0 aromatic heterocycles. The van der Waals surface area contributed by atoms with E-state index in [1.165, 1.54) is 16.7 Å². The first-order chi connectivity index (χ1) is 7.33. The van der Waals surface area contributed by atoms with Crippen LogP contribution in [0.1, 0.15) is 50.8 Å². The maximum Gasteiger partial charge on any atom is 0.0927 e. The van der Waals surface area contributed by atoms with Crippen LogP contribution in [0.3, 0.4) is 0 Å². The van der Waals surface area contributed by atoms with E-state index < -0.39 is 0 Å². The van der Waals surface area contributed by atoms with Crippen molar-refractivity contribution >= 4 is 0 Å². The Morgan fingerprint density at radius 2 is 1.88 bits per heavy atom. The molecule has 0 aliphatic carbocycles. The van der Waals surface area contributed by atoms with Gasteiger partial charge in [0, 0.05) is 6.42 Å². The molecule has 0 amide bonds. The molecule has 0 radical (unpaired) electrons. The van der Waals surface area contributed by atoms with Gasteiger partial charge in [-0.15, -0.1) is 0 Å². The molecule has 0 bridgehead atoms. The average Bonchev–Trinajstić information content (AvgIpc) is 2.13. The molecular formula is C15H22O. The molecule has 1 aromatic rings. The third-order valence-corrected chi connectivity index (χ3v) is 3.67. The van der Waals surface area contributed by atoms with Crippen LogP contribution in [0.4, 0.5) is 0 Å². The summed E-state index contributed by atoms with van der Waals surface area (Å²) < 4.78 is 5.75. The van der Waals surface area contributed by atoms with Crippen LogP contribution in [0.15, 0.2) is 18.2 Å². The van der Waals surface area contributed by atoms with Gasteiger partial charge >= 0.3 is 0 Å². The quantitative estimate of drug-likeness (QED) is 0.694. The molecule has 1 aliphatic rings. The second-order valence-corrected chi connectivity index (χ2v) is 6.11. The summed E-state index contributed by atoms with van der Waals surface area (Å²) in [6.45, 7) is 12.0. The smallest absolute Gasteiger partial charge is 0.0927 e. The van der Waals surface area contributed by atoms with Gasteiger partial charge < -0.3 is 4.74 Å². The fourth-order valence-corrected chi connectivity index (χ4v) is 2.28. The SMILES string of the molecule is Cc1ccc(C(C)(C)C)cc1C1(C)CCO1. The van der Waals surface area contributed by atoms with Crippen LogP contribution in [-0.4, -0.2) is 6.61 Å². The highest BCUT2D eigenvalue weighted by atomic mass is 16.5. The molecule has 88 valence electrons. The lowest BCUT2D eigenvalue weighted by atomic mass is 9.80. The molecule has 1 aromatic carbocycles. The Labute approximate surface area is 98.8 Å². The Bertz CT molecular complexity index is 394. The van der Waals surface area contributed by atoms with Gasteiger partial charge in [0.2, 0.25) is 0 Å². The van der Waals surface area contributed by atoms with Crippen molar-refractivity contribution in [3.63, 3.8) is 0 Å². The van der Waals surface area contributed by atoms with Crippen LogP contribution in [0.25, 0.3) is 0 Å². The number of hydrogen-bond acceptors (Lipinski definition) is 1. The van der Waals surface area contributed by atoms with E-state index in [-0.39, 0.29) is 11.0 Å². The summed E-state index contributed by atoms with van der Waals surface area (Å²) in [6, 6.07) is 6.79. The van der Waals surface area contributed by atoms with E-state index in [4.69, 9.17) is 4.74 Å². The van der Waals surface area contributed by atoms with Crippen molar-refractivity contribution in [1.82, 2.24) is 0 Å². The number of benzene rings is 1. The predicted molar refractivity (Wildman–Crippen MR) is 67.8 cm³/mol. The van der Waals surface area contributed by atoms with E-state index in [0.29, 0.717) is 0 Å². The van der Waals surface area contributed by atoms with Gasteiger partial charge in [0.15, 0.2) is 0 Å². The molecule has 2 rings (SSSR count). The van der Waals surface area contributed by atoms with Crippen molar-refractivity contribution in [2.45, 2.75) is 52.1 Å². The Morgan fingerprint density at radius 1 is 1.25 bits per heavy atom. The highest BCUT2D eigenvalue weighted by Gasteiger charge is 2.36. The first-order valence-electron chi connectivity index (χ1n) is 6.08. The predicted octanol–water partition coefficient (Wildman–Crippen LogP) is 3.93. The van der Waals surface area contributed by atoms with Gasteiger partial charge in [-0.3, -0.25) is 0 Å². The Kier molecular flexibility index (Phi) is 2.62. The molecule has 16 heavy (non-hydrogen) atoms. The van der Waals surface area contributed by atoms with Gasteiger partial charge in [0.25, 0.3) is 0 Å². The zero-order valence-electron chi connectivity index (χ0n) is 11.1. The molecular weight excluding hydrogens is 196 g/mol. The van der Waals surface area contributed by atoms with Crippen LogP contribution in [-0.2, 0) is 15.8 Å². The number of ether oxygens (including phenoxy) is 1. The van der Waals surface area contributed by atoms with E-state index in [1.807, 2.05) is 0 Å². The number of hydrogen-bond donors (Lipinski definition) is 0. The molecule has 1 fully saturated rings. The molecule has 1 nitrogen and oxygen atoms in total. The molecule has 1 heterocycles. The number of rotatable bonds is 1. The zero-order valence-corrected chi connectivity index (χ0v) is 11.1. The average molecular weight is 218 g/mol. The molecule has 1 atom stereocenters. The second-order valence-electron chi connectivity index (χ2n) is 6.11. The topological polar surface area (TPSA) is 9.23 Å². The van der Waals surface area contributed by atoms with Gasteiger partial charge in [-0.05, 0) is 36.0 Å². The molecule has 0 spiro atoms. The third-order valence-electron chi connectivity index (χ3n) is 3.67. The first kappa shape index (κ1) is 11.7. The molecule has 1 heteroatoms. The lowest BCUT2D eigenvalue weighted by molar-refractivity contribution is -0.141. The van der Waals surface area contributed by atoms with Gasteiger partial charge in [0.1, 0.15) is 0 Å². The summed E-state index contributed by atoms with van der Waals surface area (Å²) in [7, 11) is 0. The molecule has 0 saturated carbocycles. The normalized spacial score (nSPS) is 25.3. The summed E-state index contributed by atoms with van der Waals surface area (Å²) in [5.74, 6) is 0. The van der Waals surface area contributed by atoms with Crippen LogP contribution in [0.2, 0.25) is 0 Å². The minimum atomic E-state index is -0.0364. The Hall–Kier alpha value is -0.820. The van der Waals surface area contributed by atoms with Crippen LogP contribution in [0.5, 0.6) is 0 Å². The van der Waals surface area contributed by atoms with E-state index in [0.717, 1.165) is 13.0 Å². The largest absolute Gasteiger partial charge is 0.370 e. The summed E-state index contributed by atoms with van der Waals surface area (Å²) in [5.41, 5.74) is 4.28. The van der Waals surface area contributed by atoms with Gasteiger partial charge in [-0.25, -0.2) is 0 Å². The summed E-state index contributed by atoms with van der Waals surface area (Å²) in [6.07, 6.45) is 1.14. The van der Waals surface area contributed by atoms with E-state index in [9.17, 15) is 0 Å². The van der Waals surface area contributed by atoms with Crippen LogP contribution >= 0.6 is 0 Å². The minimum absolute atomic E-state index is 0.0364. The molecule has 1 unspecified atom stereocenters. The van der Waals surface area contributed by atoms with E-state index >= 15 is 0 Å². The fraction of sp³-hybridized carbons (Fsp3) is 0.600. The van der Waals surface area contributed by atoms with Gasteiger partial charge in [-0.2, -0.15) is 0 Å². The standard InChI is InChI=1S/C15H22O/c1-11-6-7-12(14(2,3)4)10-13(11)15(5)8-9-16-15/h6-7,10H,8-9H2,1-5H3. The number of aryl methyl sites for hydroxylation is 1. The Balaban J connectivity index is 2.45. The summed E-state index contributed by atoms with van der Waals surface area (Å²) in [5, 5.41) is 0. The summed E-state index contributed by atoms with van der Waals surface area (Å²) >= 11 is 0. The van der Waals surface area contributed by atoms with Crippen molar-refractivity contribution in [2.24, 2.45) is 0 Å². The summed E-state index contributed by atoms with van der Waals surface area (Å²) in [4.78, 5) is 0. The van der Waals surface area contributed by atoms with Gasteiger partial charge in [-0.1, -0.05) is 39.0 Å².